The summed E-state index contributed by atoms with van der Waals surface area (Å²) in [6.45, 7) is 0.716. The van der Waals surface area contributed by atoms with Crippen molar-refractivity contribution < 1.29 is 9.59 Å². The number of carbonyl (C=O) groups is 2. The van der Waals surface area contributed by atoms with Crippen LogP contribution in [0.1, 0.15) is 33.9 Å². The van der Waals surface area contributed by atoms with Crippen molar-refractivity contribution in [2.45, 2.75) is 25.7 Å². The van der Waals surface area contributed by atoms with Crippen molar-refractivity contribution in [1.29, 1.82) is 0 Å². The summed E-state index contributed by atoms with van der Waals surface area (Å²) in [5.41, 5.74) is 0.835. The molecule has 0 spiro atoms. The molecular weight excluding hydrogens is 322 g/mol. The highest BCUT2D eigenvalue weighted by atomic mass is 32.1. The molecule has 0 atom stereocenters. The van der Waals surface area contributed by atoms with Gasteiger partial charge in [-0.15, -0.1) is 11.3 Å². The molecule has 4 rings (SSSR count). The average molecular weight is 341 g/mol. The van der Waals surface area contributed by atoms with Crippen LogP contribution in [0.4, 0.5) is 11.5 Å². The first-order chi connectivity index (χ1) is 11.6. The number of aromatic nitrogens is 1. The Morgan fingerprint density at radius 1 is 1.25 bits per heavy atom. The molecule has 1 aromatic carbocycles. The number of anilines is 2. The van der Waals surface area contributed by atoms with E-state index in [1.54, 1.807) is 16.8 Å². The van der Waals surface area contributed by atoms with Crippen LogP contribution in [0, 0.1) is 5.92 Å². The van der Waals surface area contributed by atoms with Gasteiger partial charge < -0.3 is 4.90 Å². The fourth-order valence-electron chi connectivity index (χ4n) is 2.99. The zero-order chi connectivity index (χ0) is 16.7. The maximum absolute atomic E-state index is 12.8. The molecule has 1 fully saturated rings. The van der Waals surface area contributed by atoms with Gasteiger partial charge in [-0.3, -0.25) is 14.5 Å². The van der Waals surface area contributed by atoms with Crippen molar-refractivity contribution in [3.05, 3.63) is 40.2 Å². The highest BCUT2D eigenvalue weighted by Gasteiger charge is 2.37. The minimum absolute atomic E-state index is 0.126. The molecule has 1 aliphatic carbocycles. The number of hydrogen-bond acceptors (Lipinski definition) is 4. The zero-order valence-corrected chi connectivity index (χ0v) is 14.4. The van der Waals surface area contributed by atoms with Crippen molar-refractivity contribution in [2.24, 2.45) is 5.92 Å². The number of thiazole rings is 1. The molecule has 1 aromatic heterocycles. The molecule has 6 heteroatoms. The van der Waals surface area contributed by atoms with Crippen LogP contribution in [0.2, 0.25) is 0 Å². The minimum Gasteiger partial charge on any atom is -0.309 e. The van der Waals surface area contributed by atoms with Crippen LogP contribution in [0.5, 0.6) is 0 Å². The van der Waals surface area contributed by atoms with E-state index in [0.717, 1.165) is 36.2 Å². The molecule has 0 unspecified atom stereocenters. The third-order valence-electron chi connectivity index (χ3n) is 4.54. The molecular formula is C18H19N3O2S. The smallest absolute Gasteiger partial charge is 0.287 e. The number of carbonyl (C=O) groups excluding carboxylic acids is 2. The third-order valence-corrected chi connectivity index (χ3v) is 5.63. The molecule has 2 aromatic rings. The summed E-state index contributed by atoms with van der Waals surface area (Å²) in [5.74, 6) is 0.938. The van der Waals surface area contributed by atoms with Crippen molar-refractivity contribution in [1.82, 2.24) is 4.98 Å². The molecule has 124 valence electrons. The van der Waals surface area contributed by atoms with Gasteiger partial charge in [0.25, 0.3) is 5.91 Å². The summed E-state index contributed by atoms with van der Waals surface area (Å²) < 4.78 is 0. The molecule has 5 nitrogen and oxygen atoms in total. The minimum atomic E-state index is -0.126. The monoisotopic (exact) mass is 341 g/mol. The Balaban J connectivity index is 1.61. The van der Waals surface area contributed by atoms with Gasteiger partial charge in [0.1, 0.15) is 5.82 Å². The third kappa shape index (κ3) is 2.71. The summed E-state index contributed by atoms with van der Waals surface area (Å²) in [6.07, 6.45) is 3.80. The van der Waals surface area contributed by atoms with E-state index >= 15 is 0 Å². The van der Waals surface area contributed by atoms with Crippen LogP contribution in [0.25, 0.3) is 0 Å². The van der Waals surface area contributed by atoms with Crippen LogP contribution < -0.4 is 9.80 Å². The largest absolute Gasteiger partial charge is 0.309 e. The number of hydrogen-bond donors (Lipinski definition) is 0. The lowest BCUT2D eigenvalue weighted by molar-refractivity contribution is -0.119. The SMILES string of the molecule is CN(C(=O)c1nc2c(s1)CCCN2C(=O)C1CC1)c1ccccc1. The number of rotatable bonds is 3. The topological polar surface area (TPSA) is 53.5 Å². The summed E-state index contributed by atoms with van der Waals surface area (Å²) in [6, 6.07) is 9.53. The van der Waals surface area contributed by atoms with Gasteiger partial charge in [-0.25, -0.2) is 4.98 Å². The molecule has 0 saturated heterocycles. The molecule has 1 aliphatic heterocycles. The highest BCUT2D eigenvalue weighted by molar-refractivity contribution is 7.14. The van der Waals surface area contributed by atoms with E-state index < -0.39 is 0 Å². The van der Waals surface area contributed by atoms with Crippen molar-refractivity contribution >= 4 is 34.7 Å². The van der Waals surface area contributed by atoms with E-state index in [0.29, 0.717) is 17.4 Å². The second-order valence-corrected chi connectivity index (χ2v) is 7.42. The lowest BCUT2D eigenvalue weighted by atomic mass is 10.1. The number of benzene rings is 1. The van der Waals surface area contributed by atoms with Gasteiger partial charge in [0, 0.05) is 30.1 Å². The maximum atomic E-state index is 12.8. The maximum Gasteiger partial charge on any atom is 0.287 e. The van der Waals surface area contributed by atoms with Crippen LogP contribution >= 0.6 is 11.3 Å². The van der Waals surface area contributed by atoms with E-state index in [2.05, 4.69) is 4.98 Å². The zero-order valence-electron chi connectivity index (χ0n) is 13.6. The molecule has 0 radical (unpaired) electrons. The Morgan fingerprint density at radius 3 is 2.71 bits per heavy atom. The van der Waals surface area contributed by atoms with Gasteiger partial charge in [0.05, 0.1) is 0 Å². The molecule has 0 bridgehead atoms. The fourth-order valence-corrected chi connectivity index (χ4v) is 4.07. The first-order valence-corrected chi connectivity index (χ1v) is 9.11. The molecule has 1 saturated carbocycles. The lowest BCUT2D eigenvalue weighted by Gasteiger charge is -2.25. The van der Waals surface area contributed by atoms with Crippen LogP contribution in [-0.2, 0) is 11.2 Å². The Hall–Kier alpha value is -2.21. The summed E-state index contributed by atoms with van der Waals surface area (Å²) >= 11 is 1.42. The molecule has 2 amide bonds. The fraction of sp³-hybridized carbons (Fsp3) is 0.389. The summed E-state index contributed by atoms with van der Waals surface area (Å²) in [5, 5.41) is 0.460. The van der Waals surface area contributed by atoms with Crippen LogP contribution in [0.3, 0.4) is 0 Å². The van der Waals surface area contributed by atoms with Gasteiger partial charge in [0.15, 0.2) is 5.01 Å². The van der Waals surface area contributed by atoms with E-state index in [1.807, 2.05) is 30.3 Å². The lowest BCUT2D eigenvalue weighted by Crippen LogP contribution is -2.36. The summed E-state index contributed by atoms with van der Waals surface area (Å²) in [7, 11) is 1.76. The number of amides is 2. The Bertz CT molecular complexity index is 783. The van der Waals surface area contributed by atoms with Gasteiger partial charge in [-0.2, -0.15) is 0 Å². The van der Waals surface area contributed by atoms with Gasteiger partial charge in [-0.05, 0) is 37.8 Å². The normalized spacial score (nSPS) is 16.6. The van der Waals surface area contributed by atoms with E-state index in [1.165, 1.54) is 11.3 Å². The van der Waals surface area contributed by atoms with Gasteiger partial charge in [-0.1, -0.05) is 18.2 Å². The van der Waals surface area contributed by atoms with Crippen molar-refractivity contribution in [3.8, 4) is 0 Å². The number of fused-ring (bicyclic) bond motifs is 1. The Kier molecular flexibility index (Phi) is 3.84. The quantitative estimate of drug-likeness (QED) is 0.862. The first-order valence-electron chi connectivity index (χ1n) is 8.29. The van der Waals surface area contributed by atoms with E-state index in [-0.39, 0.29) is 17.7 Å². The Labute approximate surface area is 144 Å². The second kappa shape index (κ2) is 6.02. The van der Waals surface area contributed by atoms with Crippen LogP contribution in [-0.4, -0.2) is 30.4 Å². The van der Waals surface area contributed by atoms with E-state index in [4.69, 9.17) is 0 Å². The predicted molar refractivity (Wildman–Crippen MR) is 94.7 cm³/mol. The van der Waals surface area contributed by atoms with Crippen LogP contribution in [0.15, 0.2) is 30.3 Å². The number of nitrogens with zero attached hydrogens (tertiary/aromatic N) is 3. The number of para-hydroxylation sites is 1. The number of aryl methyl sites for hydroxylation is 1. The second-order valence-electron chi connectivity index (χ2n) is 6.33. The molecule has 0 N–H and O–H groups in total. The molecule has 2 heterocycles. The van der Waals surface area contributed by atoms with Crippen molar-refractivity contribution in [3.63, 3.8) is 0 Å². The van der Waals surface area contributed by atoms with Gasteiger partial charge >= 0.3 is 0 Å². The van der Waals surface area contributed by atoms with Gasteiger partial charge in [0.2, 0.25) is 5.91 Å². The molecule has 24 heavy (non-hydrogen) atoms. The highest BCUT2D eigenvalue weighted by Crippen LogP contribution is 2.37. The molecule has 2 aliphatic rings. The summed E-state index contributed by atoms with van der Waals surface area (Å²) in [4.78, 5) is 34.2. The first kappa shape index (κ1) is 15.3. The predicted octanol–water partition coefficient (Wildman–Crippen LogP) is 3.11. The average Bonchev–Trinajstić information content (AvgIpc) is 3.38. The standard InChI is InChI=1S/C18H19N3O2S/c1-20(13-6-3-2-4-7-13)18(23)16-19-15-14(24-16)8-5-11-21(15)17(22)12-9-10-12/h2-4,6-7,12H,5,8-11H2,1H3. The van der Waals surface area contributed by atoms with E-state index in [9.17, 15) is 9.59 Å². The Morgan fingerprint density at radius 2 is 2.00 bits per heavy atom. The van der Waals surface area contributed by atoms with Crippen molar-refractivity contribution in [2.75, 3.05) is 23.4 Å².